The lowest BCUT2D eigenvalue weighted by Crippen LogP contribution is -2.20. The van der Waals surface area contributed by atoms with E-state index in [1.807, 2.05) is 19.1 Å². The fraction of sp³-hybridized carbons (Fsp3) is 0.571. The Kier molecular flexibility index (Phi) is 4.37. The van der Waals surface area contributed by atoms with Gasteiger partial charge in [-0.2, -0.15) is 0 Å². The standard InChI is InChI=1S/C14H19FO2/c1-2-16-13-7-3-11(4-8-13)12-5-9-14(17-15)10-6-12/h5-6,9-11,13H,2-4,7-8H2,1H3. The van der Waals surface area contributed by atoms with E-state index in [-0.39, 0.29) is 5.75 Å². The molecule has 1 saturated carbocycles. The molecule has 0 spiro atoms. The third-order valence-corrected chi connectivity index (χ3v) is 3.52. The minimum Gasteiger partial charge on any atom is -0.379 e. The monoisotopic (exact) mass is 238 g/mol. The maximum absolute atomic E-state index is 11.9. The zero-order chi connectivity index (χ0) is 12.1. The molecule has 1 aliphatic rings. The number of benzene rings is 1. The SMILES string of the molecule is CCOC1CCC(c2ccc(OF)cc2)CC1. The molecule has 0 atom stereocenters. The van der Waals surface area contributed by atoms with Crippen LogP contribution in [-0.2, 0) is 4.74 Å². The molecule has 0 radical (unpaired) electrons. The van der Waals surface area contributed by atoms with Gasteiger partial charge in [-0.05, 0) is 56.2 Å². The van der Waals surface area contributed by atoms with Gasteiger partial charge in [0, 0.05) is 11.1 Å². The van der Waals surface area contributed by atoms with E-state index in [0.29, 0.717) is 12.0 Å². The highest BCUT2D eigenvalue weighted by atomic mass is 19.3. The summed E-state index contributed by atoms with van der Waals surface area (Å²) in [5.41, 5.74) is 1.28. The summed E-state index contributed by atoms with van der Waals surface area (Å²) in [6.45, 7) is 2.85. The van der Waals surface area contributed by atoms with Gasteiger partial charge in [-0.15, -0.1) is 0 Å². The summed E-state index contributed by atoms with van der Waals surface area (Å²) in [6, 6.07) is 7.29. The molecule has 1 aliphatic carbocycles. The van der Waals surface area contributed by atoms with Gasteiger partial charge < -0.3 is 4.74 Å². The number of rotatable bonds is 4. The first kappa shape index (κ1) is 12.4. The highest BCUT2D eigenvalue weighted by molar-refractivity contribution is 5.29. The van der Waals surface area contributed by atoms with Crippen LogP contribution in [0, 0.1) is 0 Å². The van der Waals surface area contributed by atoms with Crippen molar-refractivity contribution in [1.29, 1.82) is 0 Å². The van der Waals surface area contributed by atoms with Crippen LogP contribution in [0.15, 0.2) is 24.3 Å². The lowest BCUT2D eigenvalue weighted by Gasteiger charge is -2.28. The predicted molar refractivity (Wildman–Crippen MR) is 64.8 cm³/mol. The highest BCUT2D eigenvalue weighted by Crippen LogP contribution is 2.34. The van der Waals surface area contributed by atoms with E-state index in [9.17, 15) is 4.53 Å². The van der Waals surface area contributed by atoms with Gasteiger partial charge in [0.15, 0.2) is 5.75 Å². The number of hydrogen-bond acceptors (Lipinski definition) is 2. The smallest absolute Gasteiger partial charge is 0.171 e. The molecular weight excluding hydrogens is 219 g/mol. The second-order valence-corrected chi connectivity index (χ2v) is 4.58. The van der Waals surface area contributed by atoms with Crippen molar-refractivity contribution < 1.29 is 14.2 Å². The predicted octanol–water partition coefficient (Wildman–Crippen LogP) is 4.01. The van der Waals surface area contributed by atoms with Crippen LogP contribution in [0.4, 0.5) is 4.53 Å². The average Bonchev–Trinajstić information content (AvgIpc) is 2.40. The molecule has 0 saturated heterocycles. The Morgan fingerprint density at radius 1 is 1.12 bits per heavy atom. The normalized spacial score (nSPS) is 24.6. The van der Waals surface area contributed by atoms with E-state index < -0.39 is 0 Å². The molecule has 1 aromatic rings. The minimum absolute atomic E-state index is 0.275. The van der Waals surface area contributed by atoms with Crippen LogP contribution in [-0.4, -0.2) is 12.7 Å². The van der Waals surface area contributed by atoms with Gasteiger partial charge in [-0.3, -0.25) is 4.94 Å². The van der Waals surface area contributed by atoms with Crippen LogP contribution in [0.5, 0.6) is 5.75 Å². The first-order chi connectivity index (χ1) is 8.33. The molecule has 0 N–H and O–H groups in total. The van der Waals surface area contributed by atoms with Gasteiger partial charge in [0.05, 0.1) is 6.10 Å². The number of ether oxygens (including phenoxy) is 1. The molecule has 94 valence electrons. The molecule has 0 heterocycles. The largest absolute Gasteiger partial charge is 0.379 e. The van der Waals surface area contributed by atoms with Gasteiger partial charge >= 0.3 is 0 Å². The van der Waals surface area contributed by atoms with Crippen LogP contribution in [0.3, 0.4) is 0 Å². The zero-order valence-electron chi connectivity index (χ0n) is 10.2. The van der Waals surface area contributed by atoms with Gasteiger partial charge in [0.1, 0.15) is 0 Å². The van der Waals surface area contributed by atoms with E-state index in [4.69, 9.17) is 4.74 Å². The van der Waals surface area contributed by atoms with Gasteiger partial charge in [0.25, 0.3) is 0 Å². The van der Waals surface area contributed by atoms with Gasteiger partial charge in [-0.25, -0.2) is 0 Å². The fourth-order valence-corrected chi connectivity index (χ4v) is 2.59. The van der Waals surface area contributed by atoms with Crippen molar-refractivity contribution in [2.24, 2.45) is 0 Å². The maximum Gasteiger partial charge on any atom is 0.171 e. The van der Waals surface area contributed by atoms with E-state index in [1.54, 1.807) is 12.1 Å². The Hall–Kier alpha value is -1.09. The van der Waals surface area contributed by atoms with Crippen molar-refractivity contribution in [1.82, 2.24) is 0 Å². The van der Waals surface area contributed by atoms with Crippen LogP contribution in [0.2, 0.25) is 0 Å². The quantitative estimate of drug-likeness (QED) is 0.789. The molecule has 2 rings (SSSR count). The topological polar surface area (TPSA) is 18.5 Å². The Morgan fingerprint density at radius 3 is 2.29 bits per heavy atom. The molecule has 0 amide bonds. The Morgan fingerprint density at radius 2 is 1.76 bits per heavy atom. The Balaban J connectivity index is 1.91. The van der Waals surface area contributed by atoms with Crippen molar-refractivity contribution in [3.05, 3.63) is 29.8 Å². The molecule has 0 unspecified atom stereocenters. The number of hydrogen-bond donors (Lipinski definition) is 0. The first-order valence-corrected chi connectivity index (χ1v) is 6.33. The van der Waals surface area contributed by atoms with Crippen LogP contribution in [0.1, 0.15) is 44.1 Å². The summed E-state index contributed by atoms with van der Waals surface area (Å²) in [6.07, 6.45) is 4.99. The van der Waals surface area contributed by atoms with E-state index >= 15 is 0 Å². The second kappa shape index (κ2) is 6.01. The molecule has 17 heavy (non-hydrogen) atoms. The molecule has 0 aliphatic heterocycles. The summed E-state index contributed by atoms with van der Waals surface area (Å²) in [4.78, 5) is 3.69. The Labute approximate surface area is 102 Å². The minimum atomic E-state index is 0.275. The van der Waals surface area contributed by atoms with Crippen molar-refractivity contribution in [3.63, 3.8) is 0 Å². The maximum atomic E-state index is 11.9. The zero-order valence-corrected chi connectivity index (χ0v) is 10.2. The molecule has 1 fully saturated rings. The highest BCUT2D eigenvalue weighted by Gasteiger charge is 2.22. The van der Waals surface area contributed by atoms with Crippen LogP contribution < -0.4 is 4.94 Å². The van der Waals surface area contributed by atoms with Crippen molar-refractivity contribution in [2.45, 2.75) is 44.6 Å². The summed E-state index contributed by atoms with van der Waals surface area (Å²) in [7, 11) is 0. The summed E-state index contributed by atoms with van der Waals surface area (Å²) in [5, 5.41) is 0. The molecule has 0 bridgehead atoms. The summed E-state index contributed by atoms with van der Waals surface area (Å²) in [5.74, 6) is 0.858. The Bertz CT molecular complexity index is 329. The average molecular weight is 238 g/mol. The third-order valence-electron chi connectivity index (χ3n) is 3.52. The summed E-state index contributed by atoms with van der Waals surface area (Å²) < 4.78 is 17.6. The second-order valence-electron chi connectivity index (χ2n) is 4.58. The number of halogens is 1. The molecule has 1 aromatic carbocycles. The van der Waals surface area contributed by atoms with E-state index in [1.165, 1.54) is 5.56 Å². The molecular formula is C14H19FO2. The van der Waals surface area contributed by atoms with Gasteiger partial charge in [0.2, 0.25) is 0 Å². The summed E-state index contributed by atoms with van der Waals surface area (Å²) >= 11 is 0. The lowest BCUT2D eigenvalue weighted by atomic mass is 9.83. The molecule has 3 heteroatoms. The van der Waals surface area contributed by atoms with Crippen molar-refractivity contribution in [2.75, 3.05) is 6.61 Å². The van der Waals surface area contributed by atoms with Crippen molar-refractivity contribution >= 4 is 0 Å². The van der Waals surface area contributed by atoms with Crippen molar-refractivity contribution in [3.8, 4) is 5.75 Å². The lowest BCUT2D eigenvalue weighted by molar-refractivity contribution is -0.00624. The van der Waals surface area contributed by atoms with Crippen LogP contribution in [0.25, 0.3) is 0 Å². The fourth-order valence-electron chi connectivity index (χ4n) is 2.59. The molecule has 0 aromatic heterocycles. The van der Waals surface area contributed by atoms with Gasteiger partial charge in [-0.1, -0.05) is 12.1 Å². The molecule has 2 nitrogen and oxygen atoms in total. The van der Waals surface area contributed by atoms with E-state index in [2.05, 4.69) is 4.94 Å². The van der Waals surface area contributed by atoms with Crippen LogP contribution >= 0.6 is 0 Å². The third kappa shape index (κ3) is 3.19. The van der Waals surface area contributed by atoms with E-state index in [0.717, 1.165) is 32.3 Å². The first-order valence-electron chi connectivity index (χ1n) is 6.33.